The number of aryl methyl sites for hydroxylation is 5. The summed E-state index contributed by atoms with van der Waals surface area (Å²) in [6.07, 6.45) is 13.6. The lowest BCUT2D eigenvalue weighted by atomic mass is 10.1. The lowest BCUT2D eigenvalue weighted by Crippen LogP contribution is -2.22. The number of hydrogen-bond acceptors (Lipinski definition) is 2. The highest BCUT2D eigenvalue weighted by atomic mass is 31.1. The maximum atomic E-state index is 5.78. The molecule has 43 heavy (non-hydrogen) atoms. The Labute approximate surface area is 261 Å². The fourth-order valence-electron chi connectivity index (χ4n) is 6.56. The molecule has 0 aromatic heterocycles. The molecule has 0 heterocycles. The average Bonchev–Trinajstić information content (AvgIpc) is 3.44. The van der Waals surface area contributed by atoms with Crippen molar-refractivity contribution in [3.05, 3.63) is 135 Å². The van der Waals surface area contributed by atoms with Crippen molar-refractivity contribution < 1.29 is 9.47 Å². The highest BCUT2D eigenvalue weighted by Crippen LogP contribution is 2.60. The Balaban J connectivity index is 1.67. The summed E-state index contributed by atoms with van der Waals surface area (Å²) in [5.41, 5.74) is 11.4. The lowest BCUT2D eigenvalue weighted by molar-refractivity contribution is 0.408. The monoisotopic (exact) mass is 605 g/mol. The molecule has 3 aromatic carbocycles. The summed E-state index contributed by atoms with van der Waals surface area (Å²) in [5, 5.41) is 7.05. The van der Waals surface area contributed by atoms with Gasteiger partial charge in [-0.2, -0.15) is 0 Å². The van der Waals surface area contributed by atoms with Gasteiger partial charge in [0.1, 0.15) is 11.5 Å². The predicted octanol–water partition coefficient (Wildman–Crippen LogP) is 9.15. The van der Waals surface area contributed by atoms with E-state index in [1.54, 1.807) is 14.2 Å². The van der Waals surface area contributed by atoms with E-state index in [4.69, 9.17) is 9.47 Å². The van der Waals surface area contributed by atoms with E-state index < -0.39 is 15.8 Å². The third kappa shape index (κ3) is 6.12. The van der Waals surface area contributed by atoms with E-state index in [9.17, 15) is 0 Å². The summed E-state index contributed by atoms with van der Waals surface area (Å²) < 4.78 is 11.6. The molecule has 0 fully saturated rings. The number of ether oxygens (including phenoxy) is 2. The van der Waals surface area contributed by atoms with E-state index >= 15 is 0 Å². The topological polar surface area (TPSA) is 18.5 Å². The quantitative estimate of drug-likeness (QED) is 0.179. The van der Waals surface area contributed by atoms with Gasteiger partial charge in [0.2, 0.25) is 0 Å². The Morgan fingerprint density at radius 1 is 0.767 bits per heavy atom. The number of rotatable bonds is 9. The van der Waals surface area contributed by atoms with E-state index in [1.807, 2.05) is 0 Å². The van der Waals surface area contributed by atoms with Crippen LogP contribution in [0.1, 0.15) is 41.7 Å². The summed E-state index contributed by atoms with van der Waals surface area (Å²) in [4.78, 5) is 0. The van der Waals surface area contributed by atoms with Crippen molar-refractivity contribution >= 4 is 31.8 Å². The summed E-state index contributed by atoms with van der Waals surface area (Å²) in [5.74, 6) is 2.33. The van der Waals surface area contributed by atoms with Crippen LogP contribution in [0.15, 0.2) is 101 Å². The van der Waals surface area contributed by atoms with E-state index in [-0.39, 0.29) is 0 Å². The van der Waals surface area contributed by atoms with Crippen LogP contribution in [0, 0.1) is 47.0 Å². The van der Waals surface area contributed by atoms with Crippen molar-refractivity contribution in [2.75, 3.05) is 14.2 Å². The van der Waals surface area contributed by atoms with Gasteiger partial charge in [-0.15, -0.1) is 5.73 Å². The SMILES string of the molecule is COc1c(C)cc(P(C2=CC=C=C2[C@H](C)P(C2=C[CH]C=CC2C)c2ccccc2C)c2cc(C)c(OC)c(C)c2)cc1C. The Morgan fingerprint density at radius 3 is 1.84 bits per heavy atom. The molecule has 0 aliphatic heterocycles. The molecule has 2 aliphatic carbocycles. The standard InChI is InChI=1S/C39H43O2P2/c1-25-15-10-12-18-35(25)42(36-19-13-11-16-26(36)2)31(7)34-17-14-20-37(34)43(32-21-27(3)38(40-8)28(4)22-32)33-23-29(5)39(41-9)30(6)24-33/h10-16,18-25,31H,1-9H3/t25?,31-,42?/m0/s1. The van der Waals surface area contributed by atoms with Gasteiger partial charge in [0.05, 0.1) is 14.2 Å². The second-order valence-corrected chi connectivity index (χ2v) is 16.3. The van der Waals surface area contributed by atoms with Gasteiger partial charge in [0.15, 0.2) is 0 Å². The van der Waals surface area contributed by atoms with Crippen molar-refractivity contribution in [3.63, 3.8) is 0 Å². The van der Waals surface area contributed by atoms with Crippen LogP contribution in [-0.4, -0.2) is 19.9 Å². The molecular formula is C39H43O2P2. The Hall–Kier alpha value is -3.14. The van der Waals surface area contributed by atoms with Crippen LogP contribution in [0.4, 0.5) is 0 Å². The summed E-state index contributed by atoms with van der Waals surface area (Å²) >= 11 is 0. The van der Waals surface area contributed by atoms with Crippen molar-refractivity contribution in [3.8, 4) is 11.5 Å². The van der Waals surface area contributed by atoms with Crippen LogP contribution in [-0.2, 0) is 0 Å². The molecule has 0 saturated carbocycles. The van der Waals surface area contributed by atoms with E-state index in [0.29, 0.717) is 11.6 Å². The van der Waals surface area contributed by atoms with Crippen LogP contribution >= 0.6 is 15.8 Å². The highest BCUT2D eigenvalue weighted by Gasteiger charge is 2.34. The van der Waals surface area contributed by atoms with Crippen molar-refractivity contribution in [1.82, 2.24) is 0 Å². The lowest BCUT2D eigenvalue weighted by Gasteiger charge is -2.35. The fourth-order valence-corrected chi connectivity index (χ4v) is 12.6. The number of allylic oxidation sites excluding steroid dienone is 7. The zero-order valence-corrected chi connectivity index (χ0v) is 28.7. The van der Waals surface area contributed by atoms with Gasteiger partial charge in [0, 0.05) is 17.7 Å². The number of benzene rings is 3. The van der Waals surface area contributed by atoms with Gasteiger partial charge >= 0.3 is 0 Å². The van der Waals surface area contributed by atoms with Gasteiger partial charge in [-0.25, -0.2) is 0 Å². The first-order chi connectivity index (χ1) is 20.7. The average molecular weight is 606 g/mol. The first kappa shape index (κ1) is 31.3. The Bertz CT molecular complexity index is 1590. The van der Waals surface area contributed by atoms with Crippen LogP contribution in [0.25, 0.3) is 0 Å². The van der Waals surface area contributed by atoms with Gasteiger partial charge in [-0.1, -0.05) is 56.3 Å². The number of hydrogen-bond donors (Lipinski definition) is 0. The van der Waals surface area contributed by atoms with Crippen LogP contribution in [0.5, 0.6) is 11.5 Å². The first-order valence-electron chi connectivity index (χ1n) is 15.0. The molecule has 4 heteroatoms. The highest BCUT2D eigenvalue weighted by molar-refractivity contribution is 7.77. The molecule has 0 saturated heterocycles. The van der Waals surface area contributed by atoms with Gasteiger partial charge in [-0.3, -0.25) is 0 Å². The molecule has 2 nitrogen and oxygen atoms in total. The maximum Gasteiger partial charge on any atom is 0.124 e. The van der Waals surface area contributed by atoms with Crippen molar-refractivity contribution in [2.45, 2.75) is 54.1 Å². The summed E-state index contributed by atoms with van der Waals surface area (Å²) in [6, 6.07) is 18.3. The van der Waals surface area contributed by atoms with Crippen molar-refractivity contribution in [2.24, 2.45) is 5.92 Å². The minimum Gasteiger partial charge on any atom is -0.496 e. The molecule has 221 valence electrons. The molecule has 0 spiro atoms. The van der Waals surface area contributed by atoms with Crippen LogP contribution in [0.2, 0.25) is 0 Å². The zero-order valence-electron chi connectivity index (χ0n) is 26.9. The maximum absolute atomic E-state index is 5.78. The van der Waals surface area contributed by atoms with Crippen LogP contribution < -0.4 is 25.4 Å². The molecule has 5 rings (SSSR count). The second-order valence-electron chi connectivity index (χ2n) is 11.6. The zero-order chi connectivity index (χ0) is 30.8. The molecule has 1 radical (unpaired) electrons. The molecule has 2 unspecified atom stereocenters. The number of methoxy groups -OCH3 is 2. The van der Waals surface area contributed by atoms with Gasteiger partial charge in [-0.05, 0) is 147 Å². The van der Waals surface area contributed by atoms with Gasteiger partial charge in [0.25, 0.3) is 0 Å². The summed E-state index contributed by atoms with van der Waals surface area (Å²) in [7, 11) is 2.02. The Morgan fingerprint density at radius 2 is 1.33 bits per heavy atom. The van der Waals surface area contributed by atoms with E-state index in [2.05, 4.69) is 140 Å². The fraction of sp³-hybridized carbons (Fsp3) is 0.282. The largest absolute Gasteiger partial charge is 0.496 e. The molecule has 3 aromatic rings. The van der Waals surface area contributed by atoms with Gasteiger partial charge < -0.3 is 9.47 Å². The molecule has 2 aliphatic rings. The van der Waals surface area contributed by atoms with E-state index in [0.717, 1.165) is 11.5 Å². The van der Waals surface area contributed by atoms with Crippen LogP contribution in [0.3, 0.4) is 0 Å². The molecule has 0 N–H and O–H groups in total. The minimum absolute atomic E-state index is 0.292. The van der Waals surface area contributed by atoms with Crippen molar-refractivity contribution in [1.29, 1.82) is 0 Å². The minimum atomic E-state index is -0.865. The third-order valence-corrected chi connectivity index (χ3v) is 14.1. The predicted molar refractivity (Wildman–Crippen MR) is 189 cm³/mol. The first-order valence-corrected chi connectivity index (χ1v) is 17.8. The molecular weight excluding hydrogens is 562 g/mol. The smallest absolute Gasteiger partial charge is 0.124 e. The Kier molecular flexibility index (Phi) is 9.63. The molecule has 0 bridgehead atoms. The third-order valence-electron chi connectivity index (χ3n) is 8.51. The summed E-state index contributed by atoms with van der Waals surface area (Å²) in [6.45, 7) is 15.7. The van der Waals surface area contributed by atoms with E-state index in [1.165, 1.54) is 59.9 Å². The normalized spacial score (nSPS) is 17.4. The molecule has 0 amide bonds. The second kappa shape index (κ2) is 13.2. The molecule has 3 atom stereocenters.